The molecule has 0 saturated heterocycles. The molecule has 5 atom stereocenters. The largest absolute Gasteiger partial charge is 0.483 e. The van der Waals surface area contributed by atoms with Crippen LogP contribution in [-0.2, 0) is 14.3 Å². The topological polar surface area (TPSA) is 66.8 Å². The number of halogens is 1. The van der Waals surface area contributed by atoms with Crippen LogP contribution in [-0.4, -0.2) is 41.0 Å². The second-order valence-electron chi connectivity index (χ2n) is 8.00. The van der Waals surface area contributed by atoms with Gasteiger partial charge < -0.3 is 14.7 Å². The predicted octanol–water partition coefficient (Wildman–Crippen LogP) is 2.61. The highest BCUT2D eigenvalue weighted by Gasteiger charge is 2.54. The Kier molecular flexibility index (Phi) is 4.54. The lowest BCUT2D eigenvalue weighted by molar-refractivity contribution is -0.139. The van der Waals surface area contributed by atoms with Crippen molar-refractivity contribution in [3.05, 3.63) is 47.0 Å². The van der Waals surface area contributed by atoms with E-state index in [1.807, 2.05) is 6.92 Å². The highest BCUT2D eigenvalue weighted by molar-refractivity contribution is 6.11. The molecule has 2 aliphatic heterocycles. The van der Waals surface area contributed by atoms with Gasteiger partial charge in [-0.1, -0.05) is 32.0 Å². The summed E-state index contributed by atoms with van der Waals surface area (Å²) in [5, 5.41) is 9.43. The van der Waals surface area contributed by atoms with E-state index in [0.29, 0.717) is 12.3 Å². The molecule has 1 fully saturated rings. The van der Waals surface area contributed by atoms with E-state index in [1.165, 1.54) is 11.0 Å². The minimum atomic E-state index is -0.846. The average Bonchev–Trinajstić information content (AvgIpc) is 2.90. The number of carbonyl (C=O) groups is 2. The monoisotopic (exact) mass is 373 g/mol. The number of carbonyl (C=O) groups excluding carboxylic acids is 2. The zero-order chi connectivity index (χ0) is 19.3. The number of aliphatic hydroxyl groups is 1. The highest BCUT2D eigenvalue weighted by atomic mass is 19.1. The van der Waals surface area contributed by atoms with Crippen molar-refractivity contribution < 1.29 is 23.8 Å². The lowest BCUT2D eigenvalue weighted by Crippen LogP contribution is -2.45. The fourth-order valence-electron chi connectivity index (χ4n) is 4.98. The van der Waals surface area contributed by atoms with Gasteiger partial charge in [0, 0.05) is 12.1 Å². The minimum absolute atomic E-state index is 0.0166. The number of amides is 1. The number of benzene rings is 1. The molecule has 27 heavy (non-hydrogen) atoms. The molecule has 0 radical (unpaired) electrons. The smallest absolute Gasteiger partial charge is 0.290 e. The number of fused-ring (bicyclic) bond motifs is 1. The predicted molar refractivity (Wildman–Crippen MR) is 95.9 cm³/mol. The summed E-state index contributed by atoms with van der Waals surface area (Å²) in [4.78, 5) is 27.7. The van der Waals surface area contributed by atoms with Crippen LogP contribution in [0.2, 0.25) is 0 Å². The van der Waals surface area contributed by atoms with Gasteiger partial charge in [0.25, 0.3) is 5.91 Å². The molecule has 1 aromatic carbocycles. The Morgan fingerprint density at radius 1 is 1.22 bits per heavy atom. The molecular weight excluding hydrogens is 349 g/mol. The van der Waals surface area contributed by atoms with Crippen LogP contribution < -0.4 is 0 Å². The van der Waals surface area contributed by atoms with E-state index in [4.69, 9.17) is 4.74 Å². The van der Waals surface area contributed by atoms with Crippen molar-refractivity contribution in [2.45, 2.75) is 38.8 Å². The van der Waals surface area contributed by atoms with Crippen molar-refractivity contribution >= 4 is 11.7 Å². The van der Waals surface area contributed by atoms with Crippen molar-refractivity contribution in [3.8, 4) is 0 Å². The number of ether oxygens (including phenoxy) is 1. The minimum Gasteiger partial charge on any atom is -0.483 e. The number of Topliss-reactive ketones (excluding diaryl/α,β-unsaturated/α-hetero) is 1. The number of nitrogens with zero attached hydrogens (tertiary/aromatic N) is 1. The first-order valence-electron chi connectivity index (χ1n) is 9.55. The molecule has 6 heteroatoms. The molecule has 4 rings (SSSR count). The van der Waals surface area contributed by atoms with Gasteiger partial charge in [0.05, 0.1) is 24.1 Å². The molecule has 2 heterocycles. The Morgan fingerprint density at radius 2 is 1.96 bits per heavy atom. The Morgan fingerprint density at radius 3 is 2.67 bits per heavy atom. The van der Waals surface area contributed by atoms with Gasteiger partial charge >= 0.3 is 0 Å². The quantitative estimate of drug-likeness (QED) is 0.884. The molecule has 3 aliphatic rings. The van der Waals surface area contributed by atoms with E-state index in [0.717, 1.165) is 6.42 Å². The average molecular weight is 373 g/mol. The molecule has 1 amide bonds. The van der Waals surface area contributed by atoms with Gasteiger partial charge in [0.1, 0.15) is 11.9 Å². The SMILES string of the molecule is CC1CC(C)C2OC3=C(C(=O)C2C1)C(c1ccccc1F)N(CCO)C3=O. The second-order valence-corrected chi connectivity index (χ2v) is 8.00. The van der Waals surface area contributed by atoms with E-state index in [9.17, 15) is 19.1 Å². The van der Waals surface area contributed by atoms with Gasteiger partial charge in [-0.05, 0) is 30.7 Å². The van der Waals surface area contributed by atoms with Crippen LogP contribution in [0, 0.1) is 23.6 Å². The van der Waals surface area contributed by atoms with Crippen LogP contribution in [0.4, 0.5) is 4.39 Å². The van der Waals surface area contributed by atoms with Crippen molar-refractivity contribution in [2.75, 3.05) is 13.2 Å². The summed E-state index contributed by atoms with van der Waals surface area (Å²) in [6.45, 7) is 3.91. The summed E-state index contributed by atoms with van der Waals surface area (Å²) in [5.74, 6) is -0.723. The molecule has 0 aromatic heterocycles. The maximum atomic E-state index is 14.5. The number of rotatable bonds is 3. The van der Waals surface area contributed by atoms with Crippen LogP contribution in [0.25, 0.3) is 0 Å². The number of β-amino-alcohol motifs (C(OH)–C–C–N with tert-alkyl or cyclic N) is 1. The standard InChI is InChI=1S/C21H24FNO4/c1-11-9-12(2)19-14(10-11)18(25)16-17(13-5-3-4-6-15(13)22)23(7-8-24)21(26)20(16)27-19/h3-6,11-12,14,17,19,24H,7-10H2,1-2H3. The lowest BCUT2D eigenvalue weighted by Gasteiger charge is -2.41. The third kappa shape index (κ3) is 2.78. The summed E-state index contributed by atoms with van der Waals surface area (Å²) in [6, 6.07) is 5.30. The maximum Gasteiger partial charge on any atom is 0.290 e. The number of ketones is 1. The Bertz CT molecular complexity index is 820. The van der Waals surface area contributed by atoms with Gasteiger partial charge in [-0.2, -0.15) is 0 Å². The summed E-state index contributed by atoms with van der Waals surface area (Å²) >= 11 is 0. The van der Waals surface area contributed by atoms with Crippen LogP contribution >= 0.6 is 0 Å². The fourth-order valence-corrected chi connectivity index (χ4v) is 4.98. The molecule has 144 valence electrons. The van der Waals surface area contributed by atoms with E-state index >= 15 is 0 Å². The Hall–Kier alpha value is -2.21. The van der Waals surface area contributed by atoms with Gasteiger partial charge in [0.15, 0.2) is 11.5 Å². The fraction of sp³-hybridized carbons (Fsp3) is 0.524. The zero-order valence-electron chi connectivity index (χ0n) is 15.5. The lowest BCUT2D eigenvalue weighted by atomic mass is 9.70. The number of hydrogen-bond donors (Lipinski definition) is 1. The zero-order valence-corrected chi connectivity index (χ0v) is 15.5. The summed E-state index contributed by atoms with van der Waals surface area (Å²) in [6.07, 6.45) is 1.34. The van der Waals surface area contributed by atoms with Crippen molar-refractivity contribution in [3.63, 3.8) is 0 Å². The van der Waals surface area contributed by atoms with E-state index in [-0.39, 0.29) is 53.8 Å². The normalized spacial score (nSPS) is 33.0. The number of aliphatic hydroxyl groups excluding tert-OH is 1. The van der Waals surface area contributed by atoms with Gasteiger partial charge in [0.2, 0.25) is 0 Å². The molecule has 1 saturated carbocycles. The van der Waals surface area contributed by atoms with E-state index < -0.39 is 17.8 Å². The van der Waals surface area contributed by atoms with Crippen molar-refractivity contribution in [1.82, 2.24) is 4.90 Å². The highest BCUT2D eigenvalue weighted by Crippen LogP contribution is 2.48. The maximum absolute atomic E-state index is 14.5. The van der Waals surface area contributed by atoms with Gasteiger partial charge in [-0.3, -0.25) is 9.59 Å². The Labute approximate surface area is 157 Å². The summed E-state index contributed by atoms with van der Waals surface area (Å²) in [7, 11) is 0. The van der Waals surface area contributed by atoms with Crippen LogP contribution in [0.5, 0.6) is 0 Å². The van der Waals surface area contributed by atoms with Crippen LogP contribution in [0.3, 0.4) is 0 Å². The molecule has 0 bridgehead atoms. The van der Waals surface area contributed by atoms with E-state index in [2.05, 4.69) is 6.92 Å². The second kappa shape index (κ2) is 6.75. The summed E-state index contributed by atoms with van der Waals surface area (Å²) in [5.41, 5.74) is 0.512. The molecule has 1 aliphatic carbocycles. The van der Waals surface area contributed by atoms with Gasteiger partial charge in [-0.25, -0.2) is 4.39 Å². The first kappa shape index (κ1) is 18.2. The Balaban J connectivity index is 1.82. The molecular formula is C21H24FNO4. The van der Waals surface area contributed by atoms with Gasteiger partial charge in [-0.15, -0.1) is 0 Å². The molecule has 0 spiro atoms. The van der Waals surface area contributed by atoms with Crippen molar-refractivity contribution in [2.24, 2.45) is 17.8 Å². The van der Waals surface area contributed by atoms with Crippen LogP contribution in [0.15, 0.2) is 35.6 Å². The van der Waals surface area contributed by atoms with Crippen LogP contribution in [0.1, 0.15) is 38.3 Å². The molecule has 1 aromatic rings. The van der Waals surface area contributed by atoms with Crippen molar-refractivity contribution in [1.29, 1.82) is 0 Å². The molecule has 1 N–H and O–H groups in total. The first-order chi connectivity index (χ1) is 12.9. The third-order valence-corrected chi connectivity index (χ3v) is 6.07. The van der Waals surface area contributed by atoms with E-state index in [1.54, 1.807) is 18.2 Å². The third-order valence-electron chi connectivity index (χ3n) is 6.07. The number of hydrogen-bond acceptors (Lipinski definition) is 4. The molecule has 5 unspecified atom stereocenters. The molecule has 5 nitrogen and oxygen atoms in total. The first-order valence-corrected chi connectivity index (χ1v) is 9.55. The summed E-state index contributed by atoms with van der Waals surface area (Å²) < 4.78 is 20.6.